The van der Waals surface area contributed by atoms with Gasteiger partial charge in [-0.05, 0) is 48.5 Å². The first-order chi connectivity index (χ1) is 30.2. The number of nitrogens with zero attached hydrogens (tertiary/aromatic N) is 5. The van der Waals surface area contributed by atoms with Gasteiger partial charge in [-0.15, -0.1) is 24.8 Å². The Bertz CT molecular complexity index is 1790. The molecule has 3 aliphatic heterocycles. The van der Waals surface area contributed by atoms with Crippen LogP contribution in [0, 0.1) is 6.92 Å². The van der Waals surface area contributed by atoms with E-state index in [2.05, 4.69) is 48.2 Å². The number of ether oxygens (including phenoxy) is 1. The van der Waals surface area contributed by atoms with E-state index in [-0.39, 0.29) is 60.5 Å². The number of hydrazine groups is 1. The van der Waals surface area contributed by atoms with E-state index in [9.17, 15) is 28.6 Å². The summed E-state index contributed by atoms with van der Waals surface area (Å²) in [5, 5.41) is 25.7. The molecular weight excluding hydrogens is 848 g/mol. The van der Waals surface area contributed by atoms with E-state index in [0.29, 0.717) is 62.1 Å². The number of aryl methyl sites for hydroxylation is 1. The van der Waals surface area contributed by atoms with Gasteiger partial charge in [0.1, 0.15) is 18.1 Å². The van der Waals surface area contributed by atoms with Gasteiger partial charge < -0.3 is 30.1 Å². The van der Waals surface area contributed by atoms with Gasteiger partial charge in [0.25, 0.3) is 11.8 Å². The van der Waals surface area contributed by atoms with E-state index in [1.54, 1.807) is 11.8 Å². The molecule has 4 heterocycles. The molecule has 16 heteroatoms. The van der Waals surface area contributed by atoms with Gasteiger partial charge >= 0.3 is 0 Å². The molecule has 1 aromatic heterocycles. The zero-order valence-electron chi connectivity index (χ0n) is 39.0. The molecule has 12 nitrogen and oxygen atoms in total. The van der Waals surface area contributed by atoms with Crippen LogP contribution in [0.1, 0.15) is 133 Å². The highest BCUT2D eigenvalue weighted by molar-refractivity contribution is 7.06. The molecule has 2 aromatic rings. The number of unbranched alkanes of at least 4 members (excludes halogenated alkanes) is 5. The zero-order valence-corrected chi connectivity index (χ0v) is 40.5. The van der Waals surface area contributed by atoms with Crippen LogP contribution in [-0.2, 0) is 27.5 Å². The number of halogens is 3. The fraction of sp³-hybridized carbons (Fsp3) is 0.596. The lowest BCUT2D eigenvalue weighted by molar-refractivity contribution is -0.140. The molecule has 2 amide bonds. The second-order valence-corrected chi connectivity index (χ2v) is 16.6. The maximum Gasteiger partial charge on any atom is 0.287 e. The standard InChI is InChI=1S/C35H46ClF2N7O5S.C8H18.C2H6.C2H4/c1-5-28-31(42-13-15-43(16-14-42)33(48)30-32(47)23(3)51-41-30)34(49)45(40-22(2)24-8-9-25-19-50-20-26(25)17-24)21-44(28)18-29(46)39-12-6-7-27(10-11-36)35(4,37)38;1-3-5-7-8-6-4-2;2*1-2/h6-10,17,22,33,40,47-48H,5,11-16,18-21H2,1-4H3,(H,39,46);3-8H2,1-2H3;1-2H3;1-2H2/b7-6-,27-10+;;;. The van der Waals surface area contributed by atoms with Gasteiger partial charge in [-0.3, -0.25) is 19.5 Å². The lowest BCUT2D eigenvalue weighted by Crippen LogP contribution is -2.59. The summed E-state index contributed by atoms with van der Waals surface area (Å²) in [5.41, 5.74) is 7.75. The van der Waals surface area contributed by atoms with Crippen molar-refractivity contribution < 1.29 is 33.3 Å². The Balaban J connectivity index is 0.00000101. The number of piperazine rings is 1. The minimum atomic E-state index is -3.07. The van der Waals surface area contributed by atoms with Crippen molar-refractivity contribution in [1.82, 2.24) is 34.8 Å². The number of rotatable bonds is 19. The number of carbonyl (C=O) groups excluding carboxylic acids is 2. The number of alkyl halides is 3. The molecule has 5 rings (SSSR count). The highest BCUT2D eigenvalue weighted by Crippen LogP contribution is 2.34. The second kappa shape index (κ2) is 28.8. The maximum absolute atomic E-state index is 14.3. The van der Waals surface area contributed by atoms with Crippen molar-refractivity contribution >= 4 is 34.9 Å². The summed E-state index contributed by atoms with van der Waals surface area (Å²) in [6.07, 6.45) is 11.8. The van der Waals surface area contributed by atoms with Gasteiger partial charge in [-0.1, -0.05) is 110 Å². The van der Waals surface area contributed by atoms with Crippen LogP contribution in [0.5, 0.6) is 5.75 Å². The number of fused-ring (bicyclic) bond motifs is 1. The quantitative estimate of drug-likeness (QED) is 0.0468. The van der Waals surface area contributed by atoms with E-state index < -0.39 is 12.2 Å². The summed E-state index contributed by atoms with van der Waals surface area (Å²) in [7, 11) is 0. The summed E-state index contributed by atoms with van der Waals surface area (Å²) in [5.74, 6) is -3.72. The van der Waals surface area contributed by atoms with Gasteiger partial charge in [0.15, 0.2) is 12.0 Å². The normalized spacial score (nSPS) is 16.7. The molecule has 0 radical (unpaired) electrons. The number of aliphatic hydroxyl groups excluding tert-OH is 1. The smallest absolute Gasteiger partial charge is 0.287 e. The Hall–Kier alpha value is -3.86. The molecule has 1 aromatic carbocycles. The van der Waals surface area contributed by atoms with E-state index >= 15 is 0 Å². The molecule has 63 heavy (non-hydrogen) atoms. The van der Waals surface area contributed by atoms with Crippen LogP contribution < -0.4 is 10.7 Å². The number of carbonyl (C=O) groups is 2. The zero-order chi connectivity index (χ0) is 47.1. The molecule has 4 N–H and O–H groups in total. The molecule has 2 unspecified atom stereocenters. The first-order valence-electron chi connectivity index (χ1n) is 22.4. The molecule has 1 saturated heterocycles. The largest absolute Gasteiger partial charge is 0.505 e. The van der Waals surface area contributed by atoms with Crippen molar-refractivity contribution in [3.63, 3.8) is 0 Å². The molecule has 0 saturated carbocycles. The Morgan fingerprint density at radius 1 is 1.06 bits per heavy atom. The predicted octanol–water partition coefficient (Wildman–Crippen LogP) is 9.47. The SMILES string of the molecule is C=C.CC.CCC1=C(N2CCN(C(O)c3nsc(C)c3O)CC2)C(=O)N(NC(C)c2ccc3c(c2)COC3)CN1CC(=O)NC/C=C\C(=C/CCl)C(C)(F)F.CCCCCCCC. The van der Waals surface area contributed by atoms with Crippen molar-refractivity contribution in [3.8, 4) is 5.75 Å². The summed E-state index contributed by atoms with van der Waals surface area (Å²) in [6.45, 7) is 23.7. The number of aliphatic hydroxyl groups is 1. The maximum atomic E-state index is 14.3. The van der Waals surface area contributed by atoms with Crippen molar-refractivity contribution in [3.05, 3.63) is 93.8 Å². The molecule has 3 aliphatic rings. The summed E-state index contributed by atoms with van der Waals surface area (Å²) in [4.78, 5) is 33.8. The average Bonchev–Trinajstić information content (AvgIpc) is 3.90. The Kier molecular flexibility index (Phi) is 25.3. The van der Waals surface area contributed by atoms with E-state index in [1.165, 1.54) is 61.8 Å². The van der Waals surface area contributed by atoms with Gasteiger partial charge in [-0.25, -0.2) is 14.2 Å². The van der Waals surface area contributed by atoms with Crippen LogP contribution in [0.3, 0.4) is 0 Å². The van der Waals surface area contributed by atoms with Crippen molar-refractivity contribution in [2.45, 2.75) is 132 Å². The molecule has 0 spiro atoms. The summed E-state index contributed by atoms with van der Waals surface area (Å²) >= 11 is 6.77. The minimum absolute atomic E-state index is 0.0139. The van der Waals surface area contributed by atoms with E-state index in [1.807, 2.05) is 49.6 Å². The third-order valence-corrected chi connectivity index (χ3v) is 11.6. The van der Waals surface area contributed by atoms with Crippen molar-refractivity contribution in [2.24, 2.45) is 0 Å². The number of nitrogens with one attached hydrogen (secondary N) is 2. The number of aromatic nitrogens is 1. The van der Waals surface area contributed by atoms with Crippen LogP contribution in [-0.4, -0.2) is 104 Å². The van der Waals surface area contributed by atoms with E-state index in [0.717, 1.165) is 35.1 Å². The van der Waals surface area contributed by atoms with Crippen LogP contribution in [0.4, 0.5) is 8.78 Å². The van der Waals surface area contributed by atoms with Crippen LogP contribution in [0.2, 0.25) is 0 Å². The van der Waals surface area contributed by atoms with Gasteiger partial charge in [0.05, 0.1) is 24.6 Å². The number of benzene rings is 1. The molecule has 354 valence electrons. The fourth-order valence-corrected chi connectivity index (χ4v) is 8.05. The lowest BCUT2D eigenvalue weighted by Gasteiger charge is -2.45. The first-order valence-corrected chi connectivity index (χ1v) is 23.7. The number of hydrogen-bond acceptors (Lipinski definition) is 11. The second-order valence-electron chi connectivity index (χ2n) is 15.3. The fourth-order valence-electron chi connectivity index (χ4n) is 7.28. The molecule has 0 bridgehead atoms. The highest BCUT2D eigenvalue weighted by Gasteiger charge is 2.38. The summed E-state index contributed by atoms with van der Waals surface area (Å²) < 4.78 is 37.5. The van der Waals surface area contributed by atoms with E-state index in [4.69, 9.17) is 16.3 Å². The molecule has 1 fully saturated rings. The van der Waals surface area contributed by atoms with Crippen molar-refractivity contribution in [1.29, 1.82) is 0 Å². The topological polar surface area (TPSA) is 134 Å². The summed E-state index contributed by atoms with van der Waals surface area (Å²) in [6, 6.07) is 5.88. The monoisotopic (exact) mass is 922 g/mol. The third kappa shape index (κ3) is 16.6. The molecule has 0 aliphatic carbocycles. The van der Waals surface area contributed by atoms with Crippen LogP contribution in [0.15, 0.2) is 66.6 Å². The Labute approximate surface area is 384 Å². The first kappa shape index (κ1) is 55.3. The molecule has 2 atom stereocenters. The number of allylic oxidation sites excluding steroid dienone is 4. The number of hydrogen-bond donors (Lipinski definition) is 4. The minimum Gasteiger partial charge on any atom is -0.505 e. The Morgan fingerprint density at radius 3 is 2.25 bits per heavy atom. The molecular formula is C47H74ClF2N7O5S. The predicted molar refractivity (Wildman–Crippen MR) is 252 cm³/mol. The van der Waals surface area contributed by atoms with Gasteiger partial charge in [0.2, 0.25) is 5.91 Å². The lowest BCUT2D eigenvalue weighted by atomic mass is 10.0. The van der Waals surface area contributed by atoms with Gasteiger partial charge in [-0.2, -0.15) is 4.37 Å². The van der Waals surface area contributed by atoms with Crippen molar-refractivity contribution in [2.75, 3.05) is 51.8 Å². The Morgan fingerprint density at radius 2 is 1.70 bits per heavy atom. The van der Waals surface area contributed by atoms with Crippen LogP contribution >= 0.6 is 23.1 Å². The highest BCUT2D eigenvalue weighted by atomic mass is 35.5. The number of amides is 2. The third-order valence-electron chi connectivity index (χ3n) is 10.7. The average molecular weight is 923 g/mol. The van der Waals surface area contributed by atoms with Crippen LogP contribution in [0.25, 0.3) is 0 Å². The van der Waals surface area contributed by atoms with Gasteiger partial charge in [0, 0.05) is 62.8 Å². The number of aromatic hydroxyl groups is 1.